The molecule has 1 aliphatic rings. The maximum absolute atomic E-state index is 13.8. The molecule has 0 saturated carbocycles. The van der Waals surface area contributed by atoms with Gasteiger partial charge in [-0.2, -0.15) is 0 Å². The number of piperazine rings is 1. The number of carbonyl (C=O) groups excluding carboxylic acids is 1. The van der Waals surface area contributed by atoms with Gasteiger partial charge in [0.05, 0.1) is 5.69 Å². The molecule has 0 N–H and O–H groups in total. The van der Waals surface area contributed by atoms with Crippen molar-refractivity contribution in [3.8, 4) is 0 Å². The second kappa shape index (κ2) is 7.25. The van der Waals surface area contributed by atoms with Crippen LogP contribution in [0.3, 0.4) is 0 Å². The molecule has 0 atom stereocenters. The highest BCUT2D eigenvalue weighted by Crippen LogP contribution is 2.20. The van der Waals surface area contributed by atoms with Crippen LogP contribution in [0.25, 0.3) is 6.08 Å². The highest BCUT2D eigenvalue weighted by molar-refractivity contribution is 5.92. The average Bonchev–Trinajstić information content (AvgIpc) is 2.60. The van der Waals surface area contributed by atoms with Crippen LogP contribution < -0.4 is 4.90 Å². The number of para-hydroxylation sites is 1. The molecule has 2 aromatic rings. The molecule has 1 fully saturated rings. The Labute approximate surface area is 139 Å². The van der Waals surface area contributed by atoms with Crippen molar-refractivity contribution in [2.45, 2.75) is 0 Å². The zero-order valence-electron chi connectivity index (χ0n) is 13.2. The average molecular weight is 328 g/mol. The Morgan fingerprint density at radius 1 is 0.958 bits per heavy atom. The number of halogens is 2. The summed E-state index contributed by atoms with van der Waals surface area (Å²) in [5, 5.41) is 0. The fraction of sp³-hybridized carbons (Fsp3) is 0.211. The van der Waals surface area contributed by atoms with E-state index in [0.717, 1.165) is 0 Å². The number of hydrogen-bond donors (Lipinski definition) is 0. The summed E-state index contributed by atoms with van der Waals surface area (Å²) in [6, 6.07) is 12.7. The largest absolute Gasteiger partial charge is 0.366 e. The molecular formula is C19H18F2N2O. The van der Waals surface area contributed by atoms with Crippen molar-refractivity contribution in [2.75, 3.05) is 31.1 Å². The molecule has 0 aromatic heterocycles. The van der Waals surface area contributed by atoms with Crippen LogP contribution in [0.5, 0.6) is 0 Å². The highest BCUT2D eigenvalue weighted by Gasteiger charge is 2.21. The first-order chi connectivity index (χ1) is 11.6. The summed E-state index contributed by atoms with van der Waals surface area (Å²) in [5.74, 6) is -0.696. The van der Waals surface area contributed by atoms with E-state index in [0.29, 0.717) is 37.4 Å². The fourth-order valence-corrected chi connectivity index (χ4v) is 2.76. The quantitative estimate of drug-likeness (QED) is 0.807. The maximum Gasteiger partial charge on any atom is 0.246 e. The normalized spacial score (nSPS) is 15.1. The van der Waals surface area contributed by atoms with Gasteiger partial charge < -0.3 is 9.80 Å². The Balaban J connectivity index is 1.58. The first-order valence-electron chi connectivity index (χ1n) is 7.85. The van der Waals surface area contributed by atoms with E-state index in [9.17, 15) is 13.6 Å². The molecule has 5 heteroatoms. The van der Waals surface area contributed by atoms with Crippen molar-refractivity contribution in [3.05, 3.63) is 71.8 Å². The van der Waals surface area contributed by atoms with Gasteiger partial charge in [-0.05, 0) is 35.9 Å². The van der Waals surface area contributed by atoms with Crippen LogP contribution in [0, 0.1) is 11.6 Å². The molecule has 1 heterocycles. The van der Waals surface area contributed by atoms with E-state index in [2.05, 4.69) is 0 Å². The zero-order chi connectivity index (χ0) is 16.9. The van der Waals surface area contributed by atoms with Crippen molar-refractivity contribution < 1.29 is 13.6 Å². The van der Waals surface area contributed by atoms with E-state index in [1.54, 1.807) is 41.3 Å². The van der Waals surface area contributed by atoms with Gasteiger partial charge in [0.2, 0.25) is 5.91 Å². The number of anilines is 1. The van der Waals surface area contributed by atoms with E-state index >= 15 is 0 Å². The van der Waals surface area contributed by atoms with Gasteiger partial charge in [0, 0.05) is 32.3 Å². The molecule has 1 amide bonds. The summed E-state index contributed by atoms with van der Waals surface area (Å²) in [5.41, 5.74) is 1.22. The van der Waals surface area contributed by atoms with Gasteiger partial charge in [-0.1, -0.05) is 24.3 Å². The zero-order valence-corrected chi connectivity index (χ0v) is 13.2. The fourth-order valence-electron chi connectivity index (χ4n) is 2.76. The molecule has 24 heavy (non-hydrogen) atoms. The summed E-state index contributed by atoms with van der Waals surface area (Å²) in [6.45, 7) is 2.22. The monoisotopic (exact) mass is 328 g/mol. The molecule has 0 radical (unpaired) electrons. The van der Waals surface area contributed by atoms with Crippen LogP contribution >= 0.6 is 0 Å². The molecule has 2 aromatic carbocycles. The molecule has 3 rings (SSSR count). The molecule has 0 bridgehead atoms. The number of carbonyl (C=O) groups is 1. The Morgan fingerprint density at radius 2 is 1.71 bits per heavy atom. The third-order valence-corrected chi connectivity index (χ3v) is 4.05. The summed E-state index contributed by atoms with van der Waals surface area (Å²) in [4.78, 5) is 15.9. The topological polar surface area (TPSA) is 23.6 Å². The SMILES string of the molecule is O=C(C=Cc1cccc(F)c1)N1CCN(c2ccccc2F)CC1. The van der Waals surface area contributed by atoms with E-state index < -0.39 is 0 Å². The lowest BCUT2D eigenvalue weighted by atomic mass is 10.2. The van der Waals surface area contributed by atoms with Crippen molar-refractivity contribution in [3.63, 3.8) is 0 Å². The van der Waals surface area contributed by atoms with Crippen LogP contribution in [0.4, 0.5) is 14.5 Å². The van der Waals surface area contributed by atoms with E-state index in [-0.39, 0.29) is 17.5 Å². The standard InChI is InChI=1S/C19H18F2N2O/c20-16-5-3-4-15(14-16)8-9-19(24)23-12-10-22(11-13-23)18-7-2-1-6-17(18)21/h1-9,14H,10-13H2. The smallest absolute Gasteiger partial charge is 0.246 e. The van der Waals surface area contributed by atoms with Gasteiger partial charge in [-0.25, -0.2) is 8.78 Å². The minimum absolute atomic E-state index is 0.118. The van der Waals surface area contributed by atoms with Gasteiger partial charge in [-0.3, -0.25) is 4.79 Å². The Bertz CT molecular complexity index is 753. The van der Waals surface area contributed by atoms with Crippen molar-refractivity contribution in [1.29, 1.82) is 0 Å². The number of rotatable bonds is 3. The molecule has 1 aliphatic heterocycles. The molecule has 0 aliphatic carbocycles. The lowest BCUT2D eigenvalue weighted by Crippen LogP contribution is -2.48. The third kappa shape index (κ3) is 3.79. The number of hydrogen-bond acceptors (Lipinski definition) is 2. The Kier molecular flexibility index (Phi) is 4.89. The van der Waals surface area contributed by atoms with Crippen LogP contribution in [-0.4, -0.2) is 37.0 Å². The summed E-state index contributed by atoms with van der Waals surface area (Å²) in [7, 11) is 0. The van der Waals surface area contributed by atoms with Crippen LogP contribution in [0.15, 0.2) is 54.6 Å². The maximum atomic E-state index is 13.8. The predicted molar refractivity (Wildman–Crippen MR) is 90.6 cm³/mol. The predicted octanol–water partition coefficient (Wildman–Crippen LogP) is 3.33. The summed E-state index contributed by atoms with van der Waals surface area (Å²) in [6.07, 6.45) is 3.06. The van der Waals surface area contributed by atoms with Crippen LogP contribution in [0.2, 0.25) is 0 Å². The van der Waals surface area contributed by atoms with E-state index in [4.69, 9.17) is 0 Å². The number of nitrogens with zero attached hydrogens (tertiary/aromatic N) is 2. The Hall–Kier alpha value is -2.69. The molecule has 3 nitrogen and oxygen atoms in total. The minimum Gasteiger partial charge on any atom is -0.366 e. The van der Waals surface area contributed by atoms with Gasteiger partial charge in [-0.15, -0.1) is 0 Å². The second-order valence-corrected chi connectivity index (χ2v) is 5.65. The van der Waals surface area contributed by atoms with Crippen molar-refractivity contribution in [2.24, 2.45) is 0 Å². The van der Waals surface area contributed by atoms with Crippen molar-refractivity contribution >= 4 is 17.7 Å². The molecule has 0 spiro atoms. The third-order valence-electron chi connectivity index (χ3n) is 4.05. The van der Waals surface area contributed by atoms with Crippen LogP contribution in [0.1, 0.15) is 5.56 Å². The number of benzene rings is 2. The molecule has 124 valence electrons. The Morgan fingerprint density at radius 3 is 2.42 bits per heavy atom. The highest BCUT2D eigenvalue weighted by atomic mass is 19.1. The lowest BCUT2D eigenvalue weighted by molar-refractivity contribution is -0.126. The number of amides is 1. The summed E-state index contributed by atoms with van der Waals surface area (Å²) < 4.78 is 26.9. The van der Waals surface area contributed by atoms with Crippen LogP contribution in [-0.2, 0) is 4.79 Å². The van der Waals surface area contributed by atoms with Gasteiger partial charge in [0.1, 0.15) is 11.6 Å². The van der Waals surface area contributed by atoms with Gasteiger partial charge in [0.25, 0.3) is 0 Å². The van der Waals surface area contributed by atoms with Gasteiger partial charge in [0.15, 0.2) is 0 Å². The summed E-state index contributed by atoms with van der Waals surface area (Å²) >= 11 is 0. The second-order valence-electron chi connectivity index (χ2n) is 5.65. The van der Waals surface area contributed by atoms with Gasteiger partial charge >= 0.3 is 0 Å². The van der Waals surface area contributed by atoms with E-state index in [1.165, 1.54) is 24.3 Å². The minimum atomic E-state index is -0.330. The molecule has 0 unspecified atom stereocenters. The molecule has 1 saturated heterocycles. The van der Waals surface area contributed by atoms with E-state index in [1.807, 2.05) is 4.90 Å². The molecular weight excluding hydrogens is 310 g/mol. The first kappa shape index (κ1) is 16.2. The van der Waals surface area contributed by atoms with Crippen molar-refractivity contribution in [1.82, 2.24) is 4.90 Å². The first-order valence-corrected chi connectivity index (χ1v) is 7.85. The lowest BCUT2D eigenvalue weighted by Gasteiger charge is -2.35.